The third-order valence-electron chi connectivity index (χ3n) is 4.58. The van der Waals surface area contributed by atoms with E-state index in [2.05, 4.69) is 20.0 Å². The molecule has 0 aliphatic rings. The Morgan fingerprint density at radius 2 is 1.44 bits per heavy atom. The average Bonchev–Trinajstić information content (AvgIpc) is 2.85. The minimum Gasteiger partial charge on any atom is -0.477 e. The molecule has 0 bridgehead atoms. The summed E-state index contributed by atoms with van der Waals surface area (Å²) in [6.07, 6.45) is 4.22. The van der Waals surface area contributed by atoms with Crippen molar-refractivity contribution in [3.05, 3.63) is 47.0 Å². The maximum atomic E-state index is 12.2. The lowest BCUT2D eigenvalue weighted by atomic mass is 10.1. The monoisotopic (exact) mass is 509 g/mol. The Labute approximate surface area is 208 Å². The zero-order valence-electron chi connectivity index (χ0n) is 20.1. The van der Waals surface area contributed by atoms with Crippen LogP contribution in [0.25, 0.3) is 0 Å². The highest BCUT2D eigenvalue weighted by atomic mass is 32.2. The summed E-state index contributed by atoms with van der Waals surface area (Å²) in [5, 5.41) is 20.8. The Morgan fingerprint density at radius 1 is 0.971 bits per heavy atom. The Balaban J connectivity index is 0.000000380. The van der Waals surface area contributed by atoms with Crippen LogP contribution < -0.4 is 5.32 Å². The van der Waals surface area contributed by atoms with Crippen molar-refractivity contribution in [2.75, 3.05) is 19.6 Å². The molecule has 11 heteroatoms. The number of amides is 1. The predicted octanol–water partition coefficient (Wildman–Crippen LogP) is 3.08. The number of aliphatic hydroxyl groups excluding tert-OH is 1. The fourth-order valence-electron chi connectivity index (χ4n) is 2.66. The van der Waals surface area contributed by atoms with Gasteiger partial charge in [-0.2, -0.15) is 0 Å². The summed E-state index contributed by atoms with van der Waals surface area (Å²) in [6, 6.07) is 5.94. The second kappa shape index (κ2) is 14.6. The lowest BCUT2D eigenvalue weighted by Crippen LogP contribution is -2.48. The number of aliphatic hydroxyl groups is 1. The first-order valence-corrected chi connectivity index (χ1v) is 12.9. The number of rotatable bonds is 9. The van der Waals surface area contributed by atoms with E-state index in [1.807, 2.05) is 38.5 Å². The molecule has 2 unspecified atom stereocenters. The van der Waals surface area contributed by atoms with Crippen molar-refractivity contribution < 1.29 is 29.3 Å². The van der Waals surface area contributed by atoms with Gasteiger partial charge >= 0.3 is 11.9 Å². The van der Waals surface area contributed by atoms with Crippen LogP contribution in [0.2, 0.25) is 0 Å². The predicted molar refractivity (Wildman–Crippen MR) is 133 cm³/mol. The number of ether oxygens (including phenoxy) is 1. The minimum atomic E-state index is -1.12. The molecule has 0 fully saturated rings. The van der Waals surface area contributed by atoms with Crippen LogP contribution in [-0.2, 0) is 22.4 Å². The number of thioether (sulfide) groups is 2. The SMILES string of the molecule is CCc1cc(SC)cc(C(=O)NC(C(=O)OC)C(C)O)n1.CCc1cc(SC)cc(C(=O)O)n1. The summed E-state index contributed by atoms with van der Waals surface area (Å²) in [7, 11) is 1.20. The van der Waals surface area contributed by atoms with Crippen molar-refractivity contribution in [2.45, 2.75) is 55.5 Å². The zero-order valence-corrected chi connectivity index (χ0v) is 21.7. The van der Waals surface area contributed by atoms with Crippen LogP contribution in [0.1, 0.15) is 53.1 Å². The van der Waals surface area contributed by atoms with E-state index in [1.165, 1.54) is 37.6 Å². The van der Waals surface area contributed by atoms with E-state index in [-0.39, 0.29) is 11.4 Å². The zero-order chi connectivity index (χ0) is 25.8. The molecule has 2 rings (SSSR count). The lowest BCUT2D eigenvalue weighted by molar-refractivity contribution is -0.145. The molecule has 0 aliphatic carbocycles. The molecule has 3 N–H and O–H groups in total. The van der Waals surface area contributed by atoms with Gasteiger partial charge in [0, 0.05) is 21.2 Å². The van der Waals surface area contributed by atoms with Crippen molar-refractivity contribution in [3.8, 4) is 0 Å². The highest BCUT2D eigenvalue weighted by Gasteiger charge is 2.27. The van der Waals surface area contributed by atoms with Gasteiger partial charge in [-0.25, -0.2) is 19.6 Å². The van der Waals surface area contributed by atoms with Gasteiger partial charge in [0.1, 0.15) is 11.4 Å². The van der Waals surface area contributed by atoms with Crippen LogP contribution in [-0.4, -0.2) is 69.8 Å². The highest BCUT2D eigenvalue weighted by molar-refractivity contribution is 7.98. The van der Waals surface area contributed by atoms with Crippen LogP contribution in [0, 0.1) is 0 Å². The molecule has 2 atom stereocenters. The number of hydrogen-bond acceptors (Lipinski definition) is 9. The number of nitrogens with zero attached hydrogens (tertiary/aromatic N) is 2. The molecule has 2 aromatic rings. The smallest absolute Gasteiger partial charge is 0.354 e. The second-order valence-electron chi connectivity index (χ2n) is 6.99. The van der Waals surface area contributed by atoms with Gasteiger partial charge in [-0.05, 0) is 56.5 Å². The molecule has 186 valence electrons. The van der Waals surface area contributed by atoms with Gasteiger partial charge in [-0.3, -0.25) is 4.79 Å². The fourth-order valence-corrected chi connectivity index (χ4v) is 3.63. The molecular formula is C23H31N3O6S2. The molecular weight excluding hydrogens is 478 g/mol. The van der Waals surface area contributed by atoms with Crippen LogP contribution in [0.15, 0.2) is 34.1 Å². The molecule has 1 amide bonds. The molecule has 9 nitrogen and oxygen atoms in total. The largest absolute Gasteiger partial charge is 0.477 e. The minimum absolute atomic E-state index is 0.128. The van der Waals surface area contributed by atoms with E-state index >= 15 is 0 Å². The summed E-state index contributed by atoms with van der Waals surface area (Å²) in [4.78, 5) is 44.5. The number of methoxy groups -OCH3 is 1. The first-order valence-electron chi connectivity index (χ1n) is 10.5. The summed E-state index contributed by atoms with van der Waals surface area (Å²) in [5.41, 5.74) is 1.96. The van der Waals surface area contributed by atoms with Gasteiger partial charge < -0.3 is 20.3 Å². The number of aromatic nitrogens is 2. The molecule has 0 aromatic carbocycles. The molecule has 2 aromatic heterocycles. The van der Waals surface area contributed by atoms with Crippen molar-refractivity contribution in [1.29, 1.82) is 0 Å². The van der Waals surface area contributed by atoms with Gasteiger partial charge in [0.05, 0.1) is 13.2 Å². The number of hydrogen-bond donors (Lipinski definition) is 3. The summed E-state index contributed by atoms with van der Waals surface area (Å²) in [6.45, 7) is 5.31. The normalized spacial score (nSPS) is 12.1. The van der Waals surface area contributed by atoms with Crippen molar-refractivity contribution >= 4 is 41.4 Å². The van der Waals surface area contributed by atoms with Gasteiger partial charge in [0.25, 0.3) is 5.91 Å². The second-order valence-corrected chi connectivity index (χ2v) is 8.75. The Bertz CT molecular complexity index is 956. The van der Waals surface area contributed by atoms with E-state index in [9.17, 15) is 19.5 Å². The van der Waals surface area contributed by atoms with Gasteiger partial charge in [-0.15, -0.1) is 23.5 Å². The number of pyridine rings is 2. The maximum Gasteiger partial charge on any atom is 0.354 e. The third kappa shape index (κ3) is 8.96. The van der Waals surface area contributed by atoms with E-state index in [1.54, 1.807) is 12.1 Å². The van der Waals surface area contributed by atoms with Crippen LogP contribution in [0.3, 0.4) is 0 Å². The summed E-state index contributed by atoms with van der Waals surface area (Å²) in [5.74, 6) is -2.18. The molecule has 0 radical (unpaired) electrons. The van der Waals surface area contributed by atoms with Gasteiger partial charge in [0.15, 0.2) is 6.04 Å². The molecule has 0 saturated carbocycles. The van der Waals surface area contributed by atoms with Crippen LogP contribution in [0.4, 0.5) is 0 Å². The number of carboxylic acid groups (broad SMARTS) is 1. The summed E-state index contributed by atoms with van der Waals surface area (Å²) < 4.78 is 4.56. The molecule has 2 heterocycles. The fraction of sp³-hybridized carbons (Fsp3) is 0.435. The quantitative estimate of drug-likeness (QED) is 0.341. The number of nitrogens with one attached hydrogen (secondary N) is 1. The maximum absolute atomic E-state index is 12.2. The molecule has 0 spiro atoms. The molecule has 0 saturated heterocycles. The van der Waals surface area contributed by atoms with Crippen molar-refractivity contribution in [1.82, 2.24) is 15.3 Å². The van der Waals surface area contributed by atoms with Gasteiger partial charge in [0.2, 0.25) is 0 Å². The molecule has 0 aliphatic heterocycles. The number of aromatic carboxylic acids is 1. The third-order valence-corrected chi connectivity index (χ3v) is 5.99. The number of carbonyl (C=O) groups is 3. The number of carboxylic acids is 1. The van der Waals surface area contributed by atoms with E-state index in [4.69, 9.17) is 5.11 Å². The average molecular weight is 510 g/mol. The Hall–Kier alpha value is -2.63. The first kappa shape index (κ1) is 29.4. The van der Waals surface area contributed by atoms with Crippen molar-refractivity contribution in [3.63, 3.8) is 0 Å². The topological polar surface area (TPSA) is 139 Å². The van der Waals surface area contributed by atoms with E-state index in [0.717, 1.165) is 27.6 Å². The van der Waals surface area contributed by atoms with E-state index in [0.29, 0.717) is 6.42 Å². The molecule has 34 heavy (non-hydrogen) atoms. The van der Waals surface area contributed by atoms with E-state index < -0.39 is 30.0 Å². The lowest BCUT2D eigenvalue weighted by Gasteiger charge is -2.19. The number of carbonyl (C=O) groups excluding carboxylic acids is 2. The Kier molecular flexibility index (Phi) is 12.6. The van der Waals surface area contributed by atoms with Crippen LogP contribution >= 0.6 is 23.5 Å². The standard InChI is InChI=1S/C14H20N2O4S.C9H11NO2S/c1-5-9-6-10(21-4)7-11(15-9)13(18)16-12(8(2)17)14(19)20-3;1-3-6-4-7(13-2)5-8(10-6)9(11)12/h6-8,12,17H,5H2,1-4H3,(H,16,18);4-5H,3H2,1-2H3,(H,11,12). The number of esters is 1. The first-order chi connectivity index (χ1) is 16.1. The number of aryl methyl sites for hydroxylation is 2. The van der Waals surface area contributed by atoms with Gasteiger partial charge in [-0.1, -0.05) is 13.8 Å². The van der Waals surface area contributed by atoms with Crippen LogP contribution in [0.5, 0.6) is 0 Å². The van der Waals surface area contributed by atoms with Crippen molar-refractivity contribution in [2.24, 2.45) is 0 Å². The summed E-state index contributed by atoms with van der Waals surface area (Å²) >= 11 is 3.03. The highest BCUT2D eigenvalue weighted by Crippen LogP contribution is 2.18. The Morgan fingerprint density at radius 3 is 1.82 bits per heavy atom.